The van der Waals surface area contributed by atoms with E-state index in [1.54, 1.807) is 19.5 Å². The van der Waals surface area contributed by atoms with E-state index in [1.165, 1.54) is 0 Å². The quantitative estimate of drug-likeness (QED) is 0.804. The van der Waals surface area contributed by atoms with E-state index in [4.69, 9.17) is 4.74 Å². The van der Waals surface area contributed by atoms with Gasteiger partial charge >= 0.3 is 0 Å². The SMILES string of the molecule is COc1ccc2c(c1)cc(C(=O)NCc1cccnc1)n2C. The lowest BCUT2D eigenvalue weighted by molar-refractivity contribution is 0.0943. The van der Waals surface area contributed by atoms with Crippen LogP contribution in [0.5, 0.6) is 5.75 Å². The Hall–Kier alpha value is -2.82. The summed E-state index contributed by atoms with van der Waals surface area (Å²) in [5, 5.41) is 3.89. The fraction of sp³-hybridized carbons (Fsp3) is 0.176. The zero-order valence-electron chi connectivity index (χ0n) is 12.5. The van der Waals surface area contributed by atoms with Gasteiger partial charge in [-0.1, -0.05) is 6.07 Å². The number of pyridine rings is 1. The normalized spacial score (nSPS) is 10.6. The summed E-state index contributed by atoms with van der Waals surface area (Å²) in [7, 11) is 3.51. The van der Waals surface area contributed by atoms with Crippen molar-refractivity contribution in [2.45, 2.75) is 6.54 Å². The van der Waals surface area contributed by atoms with Gasteiger partial charge in [0.2, 0.25) is 0 Å². The average molecular weight is 295 g/mol. The number of methoxy groups -OCH3 is 1. The fourth-order valence-electron chi connectivity index (χ4n) is 2.45. The van der Waals surface area contributed by atoms with Gasteiger partial charge in [-0.2, -0.15) is 0 Å². The number of benzene rings is 1. The highest BCUT2D eigenvalue weighted by Crippen LogP contribution is 2.23. The third-order valence-corrected chi connectivity index (χ3v) is 3.66. The second-order valence-corrected chi connectivity index (χ2v) is 5.06. The molecule has 0 saturated carbocycles. The van der Waals surface area contributed by atoms with E-state index < -0.39 is 0 Å². The van der Waals surface area contributed by atoms with Gasteiger partial charge < -0.3 is 14.6 Å². The Morgan fingerprint density at radius 2 is 2.18 bits per heavy atom. The number of hydrogen-bond donors (Lipinski definition) is 1. The molecule has 5 heteroatoms. The molecule has 1 N–H and O–H groups in total. The Balaban J connectivity index is 1.83. The van der Waals surface area contributed by atoms with E-state index in [9.17, 15) is 4.79 Å². The zero-order chi connectivity index (χ0) is 15.5. The van der Waals surface area contributed by atoms with E-state index in [1.807, 2.05) is 48.0 Å². The monoisotopic (exact) mass is 295 g/mol. The van der Waals surface area contributed by atoms with Crippen molar-refractivity contribution in [2.75, 3.05) is 7.11 Å². The Morgan fingerprint density at radius 1 is 1.32 bits per heavy atom. The summed E-state index contributed by atoms with van der Waals surface area (Å²) >= 11 is 0. The van der Waals surface area contributed by atoms with Gasteiger partial charge in [-0.15, -0.1) is 0 Å². The minimum Gasteiger partial charge on any atom is -0.497 e. The molecular weight excluding hydrogens is 278 g/mol. The first kappa shape index (κ1) is 14.1. The molecular formula is C17H17N3O2. The standard InChI is InChI=1S/C17H17N3O2/c1-20-15-6-5-14(22-2)8-13(15)9-16(20)17(21)19-11-12-4-3-7-18-10-12/h3-10H,11H2,1-2H3,(H,19,21). The van der Waals surface area contributed by atoms with Crippen LogP contribution in [0.15, 0.2) is 48.8 Å². The van der Waals surface area contributed by atoms with Gasteiger partial charge in [-0.25, -0.2) is 0 Å². The summed E-state index contributed by atoms with van der Waals surface area (Å²) in [6, 6.07) is 11.4. The van der Waals surface area contributed by atoms with Crippen LogP contribution in [0.1, 0.15) is 16.1 Å². The number of rotatable bonds is 4. The van der Waals surface area contributed by atoms with Gasteiger partial charge in [0, 0.05) is 36.9 Å². The van der Waals surface area contributed by atoms with E-state index in [0.29, 0.717) is 12.2 Å². The number of fused-ring (bicyclic) bond motifs is 1. The first-order valence-corrected chi connectivity index (χ1v) is 6.99. The van der Waals surface area contributed by atoms with Gasteiger partial charge in [0.05, 0.1) is 7.11 Å². The van der Waals surface area contributed by atoms with E-state index in [2.05, 4.69) is 10.3 Å². The van der Waals surface area contributed by atoms with Gasteiger partial charge in [0.1, 0.15) is 11.4 Å². The molecule has 0 atom stereocenters. The molecule has 3 aromatic rings. The van der Waals surface area contributed by atoms with Crippen LogP contribution >= 0.6 is 0 Å². The average Bonchev–Trinajstić information content (AvgIpc) is 2.90. The number of amides is 1. The summed E-state index contributed by atoms with van der Waals surface area (Å²) in [5.74, 6) is 0.668. The minimum absolute atomic E-state index is 0.110. The number of hydrogen-bond acceptors (Lipinski definition) is 3. The Bertz CT molecular complexity index is 809. The molecule has 0 saturated heterocycles. The van der Waals surface area contributed by atoms with Crippen LogP contribution in [-0.2, 0) is 13.6 Å². The van der Waals surface area contributed by atoms with Crippen molar-refractivity contribution in [3.05, 3.63) is 60.0 Å². The van der Waals surface area contributed by atoms with Crippen LogP contribution < -0.4 is 10.1 Å². The number of aryl methyl sites for hydroxylation is 1. The third kappa shape index (κ3) is 2.65. The van der Waals surface area contributed by atoms with Crippen LogP contribution in [0.25, 0.3) is 10.9 Å². The minimum atomic E-state index is -0.110. The van der Waals surface area contributed by atoms with Gasteiger partial charge in [-0.05, 0) is 35.9 Å². The molecule has 2 aromatic heterocycles. The summed E-state index contributed by atoms with van der Waals surface area (Å²) in [6.45, 7) is 0.456. The summed E-state index contributed by atoms with van der Waals surface area (Å²) in [5.41, 5.74) is 2.58. The summed E-state index contributed by atoms with van der Waals surface area (Å²) in [6.07, 6.45) is 3.45. The molecule has 0 fully saturated rings. The maximum atomic E-state index is 12.4. The van der Waals surface area contributed by atoms with Gasteiger partial charge in [0.25, 0.3) is 5.91 Å². The van der Waals surface area contributed by atoms with Crippen molar-refractivity contribution in [2.24, 2.45) is 7.05 Å². The number of aromatic nitrogens is 2. The Morgan fingerprint density at radius 3 is 2.91 bits per heavy atom. The highest BCUT2D eigenvalue weighted by Gasteiger charge is 2.13. The van der Waals surface area contributed by atoms with Crippen molar-refractivity contribution >= 4 is 16.8 Å². The van der Waals surface area contributed by atoms with E-state index >= 15 is 0 Å². The summed E-state index contributed by atoms with van der Waals surface area (Å²) < 4.78 is 7.10. The molecule has 1 amide bonds. The maximum Gasteiger partial charge on any atom is 0.268 e. The third-order valence-electron chi connectivity index (χ3n) is 3.66. The molecule has 112 valence electrons. The fourth-order valence-corrected chi connectivity index (χ4v) is 2.45. The molecule has 0 aliphatic carbocycles. The van der Waals surface area contributed by atoms with Crippen LogP contribution in [0.4, 0.5) is 0 Å². The van der Waals surface area contributed by atoms with Crippen molar-refractivity contribution in [1.29, 1.82) is 0 Å². The second kappa shape index (κ2) is 5.89. The van der Waals surface area contributed by atoms with Crippen molar-refractivity contribution in [3.8, 4) is 5.75 Å². The molecule has 0 bridgehead atoms. The maximum absolute atomic E-state index is 12.4. The molecule has 0 aliphatic heterocycles. The molecule has 3 rings (SSSR count). The molecule has 5 nitrogen and oxygen atoms in total. The molecule has 22 heavy (non-hydrogen) atoms. The molecule has 2 heterocycles. The first-order valence-electron chi connectivity index (χ1n) is 6.99. The predicted molar refractivity (Wildman–Crippen MR) is 84.9 cm³/mol. The number of nitrogens with zero attached hydrogens (tertiary/aromatic N) is 2. The number of ether oxygens (including phenoxy) is 1. The molecule has 0 aliphatic rings. The molecule has 0 spiro atoms. The largest absolute Gasteiger partial charge is 0.497 e. The smallest absolute Gasteiger partial charge is 0.268 e. The molecule has 0 unspecified atom stereocenters. The van der Waals surface area contributed by atoms with Gasteiger partial charge in [0.15, 0.2) is 0 Å². The number of carbonyl (C=O) groups is 1. The number of nitrogens with one attached hydrogen (secondary N) is 1. The first-order chi connectivity index (χ1) is 10.7. The highest BCUT2D eigenvalue weighted by atomic mass is 16.5. The van der Waals surface area contributed by atoms with Crippen molar-refractivity contribution in [1.82, 2.24) is 14.9 Å². The van der Waals surface area contributed by atoms with E-state index in [-0.39, 0.29) is 5.91 Å². The lowest BCUT2D eigenvalue weighted by atomic mass is 10.2. The number of carbonyl (C=O) groups excluding carboxylic acids is 1. The van der Waals surface area contributed by atoms with Gasteiger partial charge in [-0.3, -0.25) is 9.78 Å². The lowest BCUT2D eigenvalue weighted by Crippen LogP contribution is -2.24. The molecule has 0 radical (unpaired) electrons. The Kier molecular flexibility index (Phi) is 3.78. The second-order valence-electron chi connectivity index (χ2n) is 5.06. The lowest BCUT2D eigenvalue weighted by Gasteiger charge is -2.06. The van der Waals surface area contributed by atoms with E-state index in [0.717, 1.165) is 22.2 Å². The van der Waals surface area contributed by atoms with Crippen LogP contribution in [0.2, 0.25) is 0 Å². The Labute approximate surface area is 128 Å². The summed E-state index contributed by atoms with van der Waals surface area (Å²) in [4.78, 5) is 16.4. The van der Waals surface area contributed by atoms with Crippen LogP contribution in [-0.4, -0.2) is 22.6 Å². The van der Waals surface area contributed by atoms with Crippen molar-refractivity contribution in [3.63, 3.8) is 0 Å². The topological polar surface area (TPSA) is 56.1 Å². The highest BCUT2D eigenvalue weighted by molar-refractivity contribution is 5.99. The molecule has 1 aromatic carbocycles. The predicted octanol–water partition coefficient (Wildman–Crippen LogP) is 2.51. The zero-order valence-corrected chi connectivity index (χ0v) is 12.5. The van der Waals surface area contributed by atoms with Crippen molar-refractivity contribution < 1.29 is 9.53 Å². The van der Waals surface area contributed by atoms with Crippen LogP contribution in [0.3, 0.4) is 0 Å². The van der Waals surface area contributed by atoms with Crippen LogP contribution in [0, 0.1) is 0 Å².